The van der Waals surface area contributed by atoms with Crippen LogP contribution >= 0.6 is 24.0 Å². The molecule has 1 N–H and O–H groups in total. The normalized spacial score (nSPS) is 14.7. The third-order valence-electron chi connectivity index (χ3n) is 3.85. The highest BCUT2D eigenvalue weighted by atomic mass is 127. The molecule has 1 aliphatic heterocycles. The summed E-state index contributed by atoms with van der Waals surface area (Å²) in [7, 11) is 2.13. The van der Waals surface area contributed by atoms with Gasteiger partial charge in [-0.3, -0.25) is 4.99 Å². The molecule has 0 aliphatic carbocycles. The summed E-state index contributed by atoms with van der Waals surface area (Å²) in [5.41, 5.74) is 1.48. The van der Waals surface area contributed by atoms with Crippen LogP contribution in [0.3, 0.4) is 0 Å². The second-order valence-electron chi connectivity index (χ2n) is 5.73. The highest BCUT2D eigenvalue weighted by Gasteiger charge is 2.06. The maximum atomic E-state index is 5.34. The summed E-state index contributed by atoms with van der Waals surface area (Å²) in [5.74, 6) is 1.03. The molecule has 0 aromatic carbocycles. The number of rotatable bonds is 10. The number of aliphatic imine (C=N–C) groups is 1. The fraction of sp³-hybridized carbons (Fsp3) is 0.722. The van der Waals surface area contributed by atoms with Gasteiger partial charge >= 0.3 is 0 Å². The van der Waals surface area contributed by atoms with Crippen LogP contribution in [0.2, 0.25) is 0 Å². The fourth-order valence-electron chi connectivity index (χ4n) is 2.49. The molecule has 0 aromatic heterocycles. The molecule has 0 radical (unpaired) electrons. The van der Waals surface area contributed by atoms with Gasteiger partial charge in [0.1, 0.15) is 0 Å². The van der Waals surface area contributed by atoms with Crippen LogP contribution in [0, 0.1) is 0 Å². The summed E-state index contributed by atoms with van der Waals surface area (Å²) in [6.07, 6.45) is 11.1. The van der Waals surface area contributed by atoms with Crippen molar-refractivity contribution in [3.8, 4) is 0 Å². The summed E-state index contributed by atoms with van der Waals surface area (Å²) in [6, 6.07) is 0. The van der Waals surface area contributed by atoms with Gasteiger partial charge in [-0.15, -0.1) is 30.6 Å². The lowest BCUT2D eigenvalue weighted by Gasteiger charge is -2.22. The van der Waals surface area contributed by atoms with Gasteiger partial charge in [-0.25, -0.2) is 0 Å². The quantitative estimate of drug-likeness (QED) is 0.185. The molecule has 4 nitrogen and oxygen atoms in total. The number of guanidine groups is 1. The van der Waals surface area contributed by atoms with Crippen molar-refractivity contribution in [1.82, 2.24) is 10.2 Å². The van der Waals surface area contributed by atoms with Crippen molar-refractivity contribution >= 4 is 29.9 Å². The van der Waals surface area contributed by atoms with Crippen LogP contribution in [-0.2, 0) is 4.74 Å². The maximum absolute atomic E-state index is 5.34. The van der Waals surface area contributed by atoms with Crippen molar-refractivity contribution in [3.63, 3.8) is 0 Å². The topological polar surface area (TPSA) is 36.9 Å². The molecule has 0 spiro atoms. The smallest absolute Gasteiger partial charge is 0.193 e. The van der Waals surface area contributed by atoms with Gasteiger partial charge in [0.05, 0.1) is 13.2 Å². The van der Waals surface area contributed by atoms with E-state index in [2.05, 4.69) is 36.8 Å². The van der Waals surface area contributed by atoms with Crippen LogP contribution in [0.25, 0.3) is 0 Å². The van der Waals surface area contributed by atoms with Crippen molar-refractivity contribution in [2.24, 2.45) is 4.99 Å². The molecule has 0 saturated heterocycles. The number of nitrogens with one attached hydrogen (secondary N) is 1. The van der Waals surface area contributed by atoms with Gasteiger partial charge in [-0.05, 0) is 39.0 Å². The molecular weight excluding hydrogens is 401 g/mol. The average Bonchev–Trinajstić information content (AvgIpc) is 2.54. The first-order valence-corrected chi connectivity index (χ1v) is 8.64. The van der Waals surface area contributed by atoms with E-state index in [1.54, 1.807) is 0 Å². The van der Waals surface area contributed by atoms with Crippen LogP contribution in [0.5, 0.6) is 0 Å². The van der Waals surface area contributed by atoms with E-state index in [4.69, 9.17) is 9.73 Å². The summed E-state index contributed by atoms with van der Waals surface area (Å²) in [5, 5.41) is 3.39. The minimum atomic E-state index is 0. The first kappa shape index (κ1) is 22.4. The third-order valence-corrected chi connectivity index (χ3v) is 3.85. The predicted octanol–water partition coefficient (Wildman–Crippen LogP) is 3.98. The van der Waals surface area contributed by atoms with Crippen molar-refractivity contribution < 1.29 is 4.74 Å². The van der Waals surface area contributed by atoms with E-state index in [-0.39, 0.29) is 24.0 Å². The standard InChI is InChI=1S/C18H33N3O.HI/c1-4-6-7-8-9-14-21(3)18(19-5-2)20-13-10-17-11-15-22-16-12-17;/h4,11H,1,5-10,12-16H2,2-3H3,(H,19,20);1H. The molecular formula is C18H34IN3O. The molecule has 23 heavy (non-hydrogen) atoms. The van der Waals surface area contributed by atoms with Gasteiger partial charge < -0.3 is 15.0 Å². The molecule has 0 fully saturated rings. The van der Waals surface area contributed by atoms with Crippen LogP contribution < -0.4 is 5.32 Å². The Morgan fingerprint density at radius 2 is 2.26 bits per heavy atom. The first-order valence-electron chi connectivity index (χ1n) is 8.64. The Morgan fingerprint density at radius 1 is 1.43 bits per heavy atom. The SMILES string of the molecule is C=CCCCCCN(C)C(=NCCC1=CCOCC1)NCC.I. The lowest BCUT2D eigenvalue weighted by Crippen LogP contribution is -2.39. The Hall–Kier alpha value is -0.560. The van der Waals surface area contributed by atoms with Gasteiger partial charge in [-0.2, -0.15) is 0 Å². The van der Waals surface area contributed by atoms with E-state index < -0.39 is 0 Å². The Kier molecular flexibility index (Phi) is 14.6. The van der Waals surface area contributed by atoms with Gasteiger partial charge in [0.2, 0.25) is 0 Å². The Morgan fingerprint density at radius 3 is 2.91 bits per heavy atom. The number of halogens is 1. The second kappa shape index (κ2) is 15.0. The zero-order valence-corrected chi connectivity index (χ0v) is 17.2. The van der Waals surface area contributed by atoms with Gasteiger partial charge in [0, 0.05) is 26.7 Å². The number of allylic oxidation sites excluding steroid dienone is 1. The van der Waals surface area contributed by atoms with E-state index in [1.807, 2.05) is 6.08 Å². The van der Waals surface area contributed by atoms with E-state index >= 15 is 0 Å². The number of ether oxygens (including phenoxy) is 1. The maximum Gasteiger partial charge on any atom is 0.193 e. The summed E-state index contributed by atoms with van der Waals surface area (Å²) in [6.45, 7) is 10.3. The third kappa shape index (κ3) is 10.8. The lowest BCUT2D eigenvalue weighted by atomic mass is 10.1. The first-order chi connectivity index (χ1) is 10.8. The summed E-state index contributed by atoms with van der Waals surface area (Å²) >= 11 is 0. The van der Waals surface area contributed by atoms with Crippen molar-refractivity contribution in [2.75, 3.05) is 39.9 Å². The van der Waals surface area contributed by atoms with Crippen molar-refractivity contribution in [2.45, 2.75) is 45.4 Å². The van der Waals surface area contributed by atoms with Crippen LogP contribution in [0.1, 0.15) is 45.4 Å². The molecule has 5 heteroatoms. The molecule has 0 saturated carbocycles. The zero-order valence-electron chi connectivity index (χ0n) is 14.9. The predicted molar refractivity (Wildman–Crippen MR) is 111 cm³/mol. The van der Waals surface area contributed by atoms with E-state index in [1.165, 1.54) is 24.8 Å². The summed E-state index contributed by atoms with van der Waals surface area (Å²) in [4.78, 5) is 7.00. The van der Waals surface area contributed by atoms with Gasteiger partial charge in [-0.1, -0.05) is 24.1 Å². The highest BCUT2D eigenvalue weighted by Crippen LogP contribution is 2.11. The molecule has 0 amide bonds. The Labute approximate surface area is 159 Å². The lowest BCUT2D eigenvalue weighted by molar-refractivity contribution is 0.153. The monoisotopic (exact) mass is 435 g/mol. The molecule has 1 aliphatic rings. The minimum absolute atomic E-state index is 0. The molecule has 0 unspecified atom stereocenters. The number of nitrogens with zero attached hydrogens (tertiary/aromatic N) is 2. The Bertz CT molecular complexity index is 369. The van der Waals surface area contributed by atoms with Crippen LogP contribution in [-0.4, -0.2) is 50.8 Å². The van der Waals surface area contributed by atoms with E-state index in [9.17, 15) is 0 Å². The van der Waals surface area contributed by atoms with E-state index in [0.717, 1.165) is 58.1 Å². The van der Waals surface area contributed by atoms with E-state index in [0.29, 0.717) is 0 Å². The second-order valence-corrected chi connectivity index (χ2v) is 5.73. The highest BCUT2D eigenvalue weighted by molar-refractivity contribution is 14.0. The average molecular weight is 435 g/mol. The molecule has 134 valence electrons. The van der Waals surface area contributed by atoms with Crippen LogP contribution in [0.15, 0.2) is 29.3 Å². The zero-order chi connectivity index (χ0) is 16.0. The Balaban J connectivity index is 0.00000484. The van der Waals surface area contributed by atoms with Gasteiger partial charge in [0.15, 0.2) is 5.96 Å². The van der Waals surface area contributed by atoms with Crippen molar-refractivity contribution in [1.29, 1.82) is 0 Å². The van der Waals surface area contributed by atoms with Crippen molar-refractivity contribution in [3.05, 3.63) is 24.3 Å². The fourth-order valence-corrected chi connectivity index (χ4v) is 2.49. The van der Waals surface area contributed by atoms with Crippen LogP contribution in [0.4, 0.5) is 0 Å². The number of hydrogen-bond acceptors (Lipinski definition) is 2. The molecule has 0 aromatic rings. The largest absolute Gasteiger partial charge is 0.377 e. The molecule has 0 atom stereocenters. The minimum Gasteiger partial charge on any atom is -0.377 e. The molecule has 1 heterocycles. The molecule has 1 rings (SSSR count). The number of hydrogen-bond donors (Lipinski definition) is 1. The molecule has 0 bridgehead atoms. The number of unbranched alkanes of at least 4 members (excludes halogenated alkanes) is 3. The van der Waals surface area contributed by atoms with Gasteiger partial charge in [0.25, 0.3) is 0 Å². The summed E-state index contributed by atoms with van der Waals surface area (Å²) < 4.78 is 5.34.